The number of nitrogens with one attached hydrogen (secondary N) is 2. The minimum atomic E-state index is -0.00842. The monoisotopic (exact) mass is 549 g/mol. The van der Waals surface area contributed by atoms with Crippen LogP contribution in [0.2, 0.25) is 0 Å². The summed E-state index contributed by atoms with van der Waals surface area (Å²) in [5.41, 5.74) is 4.59. The fraction of sp³-hybridized carbons (Fsp3) is 0.417. The molecule has 2 aromatic carbocycles. The predicted octanol–water partition coefficient (Wildman–Crippen LogP) is 3.16. The minimum Gasteiger partial charge on any atom is -0.396 e. The maximum atomic E-state index is 9.39. The number of fused-ring (bicyclic) bond motifs is 1. The molecule has 8 heteroatoms. The number of hydrogen-bond donors (Lipinski definition) is 3. The van der Waals surface area contributed by atoms with Crippen molar-refractivity contribution >= 4 is 41.0 Å². The zero-order chi connectivity index (χ0) is 21.5. The van der Waals surface area contributed by atoms with E-state index >= 15 is 0 Å². The van der Waals surface area contributed by atoms with Crippen molar-refractivity contribution in [3.05, 3.63) is 66.0 Å². The largest absolute Gasteiger partial charge is 0.396 e. The summed E-state index contributed by atoms with van der Waals surface area (Å²) in [6.07, 6.45) is 3.60. The normalized spacial score (nSPS) is 18.5. The van der Waals surface area contributed by atoms with Crippen molar-refractivity contribution in [2.75, 3.05) is 33.4 Å². The highest BCUT2D eigenvalue weighted by Crippen LogP contribution is 2.31. The Labute approximate surface area is 206 Å². The molecule has 1 atom stereocenters. The molecule has 4 rings (SSSR count). The Morgan fingerprint density at radius 2 is 1.94 bits per heavy atom. The summed E-state index contributed by atoms with van der Waals surface area (Å²) >= 11 is 0. The minimum absolute atomic E-state index is 0. The SMILES string of the molecule is CN=C(NCc1ccc(Cn2cnc3ccccc32)cc1)NCC1(CCO)CCOC1.I. The van der Waals surface area contributed by atoms with E-state index in [0.717, 1.165) is 49.5 Å². The van der Waals surface area contributed by atoms with E-state index in [0.29, 0.717) is 13.2 Å². The Kier molecular flexibility index (Phi) is 8.89. The van der Waals surface area contributed by atoms with Gasteiger partial charge in [-0.2, -0.15) is 0 Å². The van der Waals surface area contributed by atoms with Crippen molar-refractivity contribution in [1.29, 1.82) is 0 Å². The number of rotatable bonds is 8. The lowest BCUT2D eigenvalue weighted by Gasteiger charge is -2.27. The summed E-state index contributed by atoms with van der Waals surface area (Å²) in [4.78, 5) is 8.80. The molecule has 3 N–H and O–H groups in total. The standard InChI is InChI=1S/C24H31N5O2.HI/c1-25-23(27-16-24(10-12-30)11-13-31-17-24)26-14-19-6-8-20(9-7-19)15-29-18-28-21-4-2-3-5-22(21)29;/h2-9,18,30H,10-17H2,1H3,(H2,25,26,27);1H. The van der Waals surface area contributed by atoms with Gasteiger partial charge in [0.1, 0.15) is 0 Å². The van der Waals surface area contributed by atoms with E-state index in [2.05, 4.69) is 55.5 Å². The molecule has 7 nitrogen and oxygen atoms in total. The van der Waals surface area contributed by atoms with Gasteiger partial charge in [0.15, 0.2) is 5.96 Å². The lowest BCUT2D eigenvalue weighted by molar-refractivity contribution is 0.127. The molecule has 1 saturated heterocycles. The van der Waals surface area contributed by atoms with Crippen molar-refractivity contribution in [3.8, 4) is 0 Å². The highest BCUT2D eigenvalue weighted by Gasteiger charge is 2.34. The van der Waals surface area contributed by atoms with Crippen molar-refractivity contribution in [1.82, 2.24) is 20.2 Å². The van der Waals surface area contributed by atoms with E-state index in [-0.39, 0.29) is 36.0 Å². The molecule has 0 amide bonds. The van der Waals surface area contributed by atoms with E-state index in [1.807, 2.05) is 24.5 Å². The van der Waals surface area contributed by atoms with E-state index in [1.165, 1.54) is 11.1 Å². The Balaban J connectivity index is 0.00000289. The Bertz CT molecular complexity index is 1010. The van der Waals surface area contributed by atoms with Crippen molar-refractivity contribution in [2.24, 2.45) is 10.4 Å². The zero-order valence-corrected chi connectivity index (χ0v) is 20.8. The van der Waals surface area contributed by atoms with E-state index in [9.17, 15) is 5.11 Å². The molecule has 0 bridgehead atoms. The van der Waals surface area contributed by atoms with Gasteiger partial charge in [-0.25, -0.2) is 4.98 Å². The van der Waals surface area contributed by atoms with Gasteiger partial charge in [0.25, 0.3) is 0 Å². The summed E-state index contributed by atoms with van der Waals surface area (Å²) in [5, 5.41) is 16.2. The number of hydrogen-bond acceptors (Lipinski definition) is 4. The maximum absolute atomic E-state index is 9.39. The third kappa shape index (κ3) is 5.99. The zero-order valence-electron chi connectivity index (χ0n) is 18.5. The third-order valence-electron chi connectivity index (χ3n) is 6.04. The second kappa shape index (κ2) is 11.6. The first-order chi connectivity index (χ1) is 15.2. The molecule has 0 spiro atoms. The summed E-state index contributed by atoms with van der Waals surface area (Å²) in [5.74, 6) is 0.762. The first-order valence-electron chi connectivity index (χ1n) is 10.8. The van der Waals surface area contributed by atoms with Gasteiger partial charge in [0, 0.05) is 45.3 Å². The molecule has 1 unspecified atom stereocenters. The second-order valence-electron chi connectivity index (χ2n) is 8.23. The molecule has 172 valence electrons. The lowest BCUT2D eigenvalue weighted by atomic mass is 9.84. The van der Waals surface area contributed by atoms with Gasteiger partial charge in [-0.15, -0.1) is 24.0 Å². The number of aliphatic hydroxyl groups excluding tert-OH is 1. The average molecular weight is 549 g/mol. The van der Waals surface area contributed by atoms with Crippen LogP contribution in [0.4, 0.5) is 0 Å². The molecule has 1 aliphatic rings. The molecule has 1 fully saturated rings. The van der Waals surface area contributed by atoms with E-state index in [1.54, 1.807) is 7.05 Å². The topological polar surface area (TPSA) is 83.7 Å². The molecular formula is C24H32IN5O2. The van der Waals surface area contributed by atoms with Crippen LogP contribution in [0, 0.1) is 5.41 Å². The number of aliphatic imine (C=N–C) groups is 1. The van der Waals surface area contributed by atoms with Gasteiger partial charge in [0.05, 0.1) is 24.0 Å². The molecule has 32 heavy (non-hydrogen) atoms. The summed E-state index contributed by atoms with van der Waals surface area (Å²) < 4.78 is 7.73. The number of guanidine groups is 1. The Morgan fingerprint density at radius 1 is 1.16 bits per heavy atom. The van der Waals surface area contributed by atoms with Gasteiger partial charge in [-0.1, -0.05) is 36.4 Å². The van der Waals surface area contributed by atoms with Crippen LogP contribution < -0.4 is 10.6 Å². The van der Waals surface area contributed by atoms with Gasteiger partial charge in [0.2, 0.25) is 0 Å². The maximum Gasteiger partial charge on any atom is 0.191 e. The number of nitrogens with zero attached hydrogens (tertiary/aromatic N) is 3. The van der Waals surface area contributed by atoms with Gasteiger partial charge < -0.3 is 25.0 Å². The molecular weight excluding hydrogens is 517 g/mol. The number of imidazole rings is 1. The third-order valence-corrected chi connectivity index (χ3v) is 6.04. The van der Waals surface area contributed by atoms with E-state index < -0.39 is 0 Å². The Morgan fingerprint density at radius 3 is 2.66 bits per heavy atom. The molecule has 2 heterocycles. The van der Waals surface area contributed by atoms with Gasteiger partial charge in [-0.05, 0) is 36.1 Å². The van der Waals surface area contributed by atoms with Gasteiger partial charge >= 0.3 is 0 Å². The number of aliphatic hydroxyl groups is 1. The number of aromatic nitrogens is 2. The summed E-state index contributed by atoms with van der Waals surface area (Å²) in [7, 11) is 1.78. The molecule has 1 aliphatic heterocycles. The van der Waals surface area contributed by atoms with Crippen LogP contribution in [-0.4, -0.2) is 54.0 Å². The van der Waals surface area contributed by atoms with Crippen LogP contribution in [0.25, 0.3) is 11.0 Å². The lowest BCUT2D eigenvalue weighted by Crippen LogP contribution is -2.44. The number of para-hydroxylation sites is 2. The summed E-state index contributed by atoms with van der Waals surface area (Å²) in [6.45, 7) is 3.85. The van der Waals surface area contributed by atoms with Crippen LogP contribution in [0.5, 0.6) is 0 Å². The van der Waals surface area contributed by atoms with Crippen LogP contribution in [0.3, 0.4) is 0 Å². The highest BCUT2D eigenvalue weighted by molar-refractivity contribution is 14.0. The molecule has 1 aromatic heterocycles. The number of benzene rings is 2. The predicted molar refractivity (Wildman–Crippen MR) is 138 cm³/mol. The van der Waals surface area contributed by atoms with Gasteiger partial charge in [-0.3, -0.25) is 4.99 Å². The number of halogens is 1. The quantitative estimate of drug-likeness (QED) is 0.229. The molecule has 0 radical (unpaired) electrons. The first-order valence-corrected chi connectivity index (χ1v) is 10.8. The van der Waals surface area contributed by atoms with E-state index in [4.69, 9.17) is 4.74 Å². The van der Waals surface area contributed by atoms with Crippen molar-refractivity contribution in [2.45, 2.75) is 25.9 Å². The first kappa shape index (κ1) is 24.5. The summed E-state index contributed by atoms with van der Waals surface area (Å²) in [6, 6.07) is 16.8. The second-order valence-corrected chi connectivity index (χ2v) is 8.23. The fourth-order valence-electron chi connectivity index (χ4n) is 4.08. The van der Waals surface area contributed by atoms with Crippen LogP contribution in [0.1, 0.15) is 24.0 Å². The smallest absolute Gasteiger partial charge is 0.191 e. The molecule has 0 saturated carbocycles. The van der Waals surface area contributed by atoms with Crippen molar-refractivity contribution < 1.29 is 9.84 Å². The average Bonchev–Trinajstić information content (AvgIpc) is 3.43. The van der Waals surface area contributed by atoms with Crippen molar-refractivity contribution in [3.63, 3.8) is 0 Å². The molecule has 3 aromatic rings. The molecule has 0 aliphatic carbocycles. The Hall–Kier alpha value is -2.17. The highest BCUT2D eigenvalue weighted by atomic mass is 127. The van der Waals surface area contributed by atoms with Crippen LogP contribution in [-0.2, 0) is 17.8 Å². The van der Waals surface area contributed by atoms with Crippen LogP contribution >= 0.6 is 24.0 Å². The van der Waals surface area contributed by atoms with Crippen LogP contribution in [0.15, 0.2) is 59.9 Å². The number of ether oxygens (including phenoxy) is 1. The fourth-order valence-corrected chi connectivity index (χ4v) is 4.08.